The monoisotopic (exact) mass is 282 g/mol. The van der Waals surface area contributed by atoms with Crippen molar-refractivity contribution in [1.82, 2.24) is 14.7 Å². The number of nitrogen functional groups attached to an aromatic ring is 1. The van der Waals surface area contributed by atoms with E-state index in [-0.39, 0.29) is 18.2 Å². The van der Waals surface area contributed by atoms with Gasteiger partial charge in [-0.1, -0.05) is 0 Å². The molecule has 0 aromatic carbocycles. The molecular weight excluding hydrogens is 260 g/mol. The number of carbonyl (C=O) groups is 2. The summed E-state index contributed by atoms with van der Waals surface area (Å²) >= 11 is 0. The van der Waals surface area contributed by atoms with E-state index in [0.717, 1.165) is 0 Å². The van der Waals surface area contributed by atoms with E-state index >= 15 is 0 Å². The molecule has 20 heavy (non-hydrogen) atoms. The Morgan fingerprint density at radius 2 is 2.05 bits per heavy atom. The van der Waals surface area contributed by atoms with Crippen LogP contribution in [0.5, 0.6) is 0 Å². The summed E-state index contributed by atoms with van der Waals surface area (Å²) in [7, 11) is 3.38. The number of ether oxygens (including phenoxy) is 1. The number of hydrogen-bond donors (Lipinski definition) is 1. The fraction of sp³-hybridized carbons (Fsp3) is 0.615. The van der Waals surface area contributed by atoms with Crippen LogP contribution >= 0.6 is 0 Å². The largest absolute Gasteiger partial charge is 0.461 e. The third-order valence-electron chi connectivity index (χ3n) is 2.93. The number of esters is 1. The minimum absolute atomic E-state index is 0.00927. The zero-order valence-electron chi connectivity index (χ0n) is 12.5. The van der Waals surface area contributed by atoms with E-state index in [1.165, 1.54) is 9.58 Å². The Bertz CT molecular complexity index is 494. The molecule has 0 saturated carbocycles. The van der Waals surface area contributed by atoms with Crippen LogP contribution in [0, 0.1) is 6.92 Å². The Balaban J connectivity index is 2.54. The minimum atomic E-state index is -0.498. The zero-order chi connectivity index (χ0) is 15.3. The second-order valence-corrected chi connectivity index (χ2v) is 4.69. The van der Waals surface area contributed by atoms with Crippen LogP contribution in [0.25, 0.3) is 0 Å². The Morgan fingerprint density at radius 1 is 1.40 bits per heavy atom. The molecule has 1 rings (SSSR count). The van der Waals surface area contributed by atoms with Gasteiger partial charge in [0.1, 0.15) is 0 Å². The number of aryl methyl sites for hydroxylation is 2. The summed E-state index contributed by atoms with van der Waals surface area (Å²) in [5, 5.41) is 4.16. The molecule has 1 heterocycles. The highest BCUT2D eigenvalue weighted by Gasteiger charge is 2.20. The number of anilines is 1. The number of amides is 1. The van der Waals surface area contributed by atoms with Gasteiger partial charge in [0.25, 0.3) is 0 Å². The summed E-state index contributed by atoms with van der Waals surface area (Å²) < 4.78 is 6.67. The molecule has 7 heteroatoms. The molecule has 1 amide bonds. The number of carbonyl (C=O) groups excluding carboxylic acids is 2. The Hall–Kier alpha value is -2.05. The van der Waals surface area contributed by atoms with Crippen molar-refractivity contribution in [1.29, 1.82) is 0 Å². The normalized spacial score (nSPS) is 10.4. The quantitative estimate of drug-likeness (QED) is 0.616. The standard InChI is InChI=1S/C13H22N4O3/c1-5-17-12(11(14)9(2)15-17)13(19)20-8-6-7-10(18)16(3)4/h5-8,14H2,1-4H3. The van der Waals surface area contributed by atoms with Gasteiger partial charge in [-0.2, -0.15) is 5.10 Å². The lowest BCUT2D eigenvalue weighted by atomic mass is 10.3. The Kier molecular flexibility index (Phi) is 5.54. The van der Waals surface area contributed by atoms with Crippen molar-refractivity contribution in [3.05, 3.63) is 11.4 Å². The van der Waals surface area contributed by atoms with E-state index in [1.807, 2.05) is 6.92 Å². The first kappa shape index (κ1) is 16.0. The predicted molar refractivity (Wildman–Crippen MR) is 75.3 cm³/mol. The number of aromatic nitrogens is 2. The molecule has 1 aromatic heterocycles. The van der Waals surface area contributed by atoms with Crippen LogP contribution in [0.15, 0.2) is 0 Å². The van der Waals surface area contributed by atoms with Crippen LogP contribution in [-0.4, -0.2) is 47.3 Å². The molecule has 0 atom stereocenters. The molecule has 7 nitrogen and oxygen atoms in total. The molecule has 0 aliphatic heterocycles. The highest BCUT2D eigenvalue weighted by Crippen LogP contribution is 2.17. The minimum Gasteiger partial charge on any atom is -0.461 e. The molecule has 1 aromatic rings. The zero-order valence-corrected chi connectivity index (χ0v) is 12.5. The van der Waals surface area contributed by atoms with Crippen molar-refractivity contribution < 1.29 is 14.3 Å². The van der Waals surface area contributed by atoms with Gasteiger partial charge in [-0.25, -0.2) is 4.79 Å². The predicted octanol–water partition coefficient (Wildman–Crippen LogP) is 0.819. The number of nitrogens with two attached hydrogens (primary N) is 1. The lowest BCUT2D eigenvalue weighted by molar-refractivity contribution is -0.128. The van der Waals surface area contributed by atoms with E-state index < -0.39 is 5.97 Å². The molecule has 0 aliphatic carbocycles. The van der Waals surface area contributed by atoms with E-state index in [4.69, 9.17) is 10.5 Å². The molecule has 112 valence electrons. The fourth-order valence-electron chi connectivity index (χ4n) is 1.72. The van der Waals surface area contributed by atoms with E-state index in [0.29, 0.717) is 30.8 Å². The summed E-state index contributed by atoms with van der Waals surface area (Å²) in [5.74, 6) is -0.489. The average Bonchev–Trinajstić information content (AvgIpc) is 2.69. The van der Waals surface area contributed by atoms with Gasteiger partial charge in [0.2, 0.25) is 5.91 Å². The van der Waals surface area contributed by atoms with Crippen molar-refractivity contribution in [2.24, 2.45) is 0 Å². The van der Waals surface area contributed by atoms with Crippen molar-refractivity contribution in [2.45, 2.75) is 33.2 Å². The lowest BCUT2D eigenvalue weighted by Crippen LogP contribution is -2.22. The van der Waals surface area contributed by atoms with Crippen LogP contribution in [0.3, 0.4) is 0 Å². The van der Waals surface area contributed by atoms with Crippen molar-refractivity contribution in [3.63, 3.8) is 0 Å². The maximum Gasteiger partial charge on any atom is 0.358 e. The molecule has 0 bridgehead atoms. The fourth-order valence-corrected chi connectivity index (χ4v) is 1.72. The van der Waals surface area contributed by atoms with Crippen molar-refractivity contribution in [2.75, 3.05) is 26.4 Å². The first-order valence-electron chi connectivity index (χ1n) is 6.58. The average molecular weight is 282 g/mol. The van der Waals surface area contributed by atoms with Gasteiger partial charge in [-0.3, -0.25) is 9.48 Å². The molecule has 2 N–H and O–H groups in total. The summed E-state index contributed by atoms with van der Waals surface area (Å²) in [5.41, 5.74) is 7.07. The topological polar surface area (TPSA) is 90.5 Å². The van der Waals surface area contributed by atoms with E-state index in [1.54, 1.807) is 21.0 Å². The van der Waals surface area contributed by atoms with E-state index in [9.17, 15) is 9.59 Å². The van der Waals surface area contributed by atoms with Crippen molar-refractivity contribution in [3.8, 4) is 0 Å². The molecule has 0 unspecified atom stereocenters. The van der Waals surface area contributed by atoms with Crippen LogP contribution in [0.1, 0.15) is 35.9 Å². The highest BCUT2D eigenvalue weighted by molar-refractivity contribution is 5.93. The van der Waals surface area contributed by atoms with Gasteiger partial charge in [0.05, 0.1) is 18.0 Å². The van der Waals surface area contributed by atoms with Crippen LogP contribution in [0.4, 0.5) is 5.69 Å². The maximum atomic E-state index is 12.0. The smallest absolute Gasteiger partial charge is 0.358 e. The number of hydrogen-bond acceptors (Lipinski definition) is 5. The van der Waals surface area contributed by atoms with Gasteiger partial charge >= 0.3 is 5.97 Å². The summed E-state index contributed by atoms with van der Waals surface area (Å²) in [4.78, 5) is 24.9. The number of rotatable bonds is 6. The van der Waals surface area contributed by atoms with Crippen LogP contribution < -0.4 is 5.73 Å². The molecule has 0 radical (unpaired) electrons. The van der Waals surface area contributed by atoms with Gasteiger partial charge < -0.3 is 15.4 Å². The van der Waals surface area contributed by atoms with Gasteiger partial charge in [-0.15, -0.1) is 0 Å². The van der Waals surface area contributed by atoms with Gasteiger partial charge in [0.15, 0.2) is 5.69 Å². The Morgan fingerprint density at radius 3 is 2.60 bits per heavy atom. The molecule has 0 aliphatic rings. The van der Waals surface area contributed by atoms with E-state index in [2.05, 4.69) is 5.10 Å². The summed E-state index contributed by atoms with van der Waals surface area (Å²) in [6.45, 7) is 4.35. The second-order valence-electron chi connectivity index (χ2n) is 4.69. The van der Waals surface area contributed by atoms with Gasteiger partial charge in [0, 0.05) is 27.1 Å². The third-order valence-corrected chi connectivity index (χ3v) is 2.93. The molecule has 0 saturated heterocycles. The van der Waals surface area contributed by atoms with Crippen LogP contribution in [0.2, 0.25) is 0 Å². The lowest BCUT2D eigenvalue weighted by Gasteiger charge is -2.10. The summed E-state index contributed by atoms with van der Waals surface area (Å²) in [6.07, 6.45) is 0.837. The van der Waals surface area contributed by atoms with Gasteiger partial charge in [-0.05, 0) is 20.3 Å². The highest BCUT2D eigenvalue weighted by atomic mass is 16.5. The first-order valence-corrected chi connectivity index (χ1v) is 6.58. The second kappa shape index (κ2) is 6.93. The first-order chi connectivity index (χ1) is 9.38. The maximum absolute atomic E-state index is 12.0. The SMILES string of the molecule is CCn1nc(C)c(N)c1C(=O)OCCCC(=O)N(C)C. The van der Waals surface area contributed by atoms with Crippen LogP contribution in [-0.2, 0) is 16.1 Å². The molecule has 0 fully saturated rings. The third kappa shape index (κ3) is 3.72. The number of nitrogens with zero attached hydrogens (tertiary/aromatic N) is 3. The Labute approximate surface area is 118 Å². The molecule has 0 spiro atoms. The summed E-state index contributed by atoms with van der Waals surface area (Å²) in [6, 6.07) is 0. The molecular formula is C13H22N4O3. The van der Waals surface area contributed by atoms with Crippen molar-refractivity contribution >= 4 is 17.6 Å².